The molecule has 1 fully saturated rings. The SMILES string of the molecule is CC(C)CC(C(=O)OC(C)C(=O)Nc1ccc(OC(F)(F)F)cc1)N1C(=O)C2CC=CCC2C1=O. The Balaban J connectivity index is 1.66. The van der Waals surface area contributed by atoms with Gasteiger partial charge in [0.25, 0.3) is 5.91 Å². The Morgan fingerprint density at radius 1 is 1.03 bits per heavy atom. The molecule has 3 rings (SSSR count). The van der Waals surface area contributed by atoms with E-state index in [1.807, 2.05) is 26.0 Å². The van der Waals surface area contributed by atoms with Crippen molar-refractivity contribution in [3.63, 3.8) is 0 Å². The Morgan fingerprint density at radius 3 is 2.06 bits per heavy atom. The van der Waals surface area contributed by atoms with Gasteiger partial charge in [-0.2, -0.15) is 0 Å². The van der Waals surface area contributed by atoms with Crippen molar-refractivity contribution in [3.8, 4) is 5.75 Å². The molecule has 1 aliphatic carbocycles. The Hall–Kier alpha value is -3.37. The van der Waals surface area contributed by atoms with Crippen LogP contribution in [0.1, 0.15) is 40.0 Å². The third-order valence-electron chi connectivity index (χ3n) is 5.84. The quantitative estimate of drug-likeness (QED) is 0.334. The normalized spacial score (nSPS) is 21.5. The van der Waals surface area contributed by atoms with E-state index >= 15 is 0 Å². The zero-order valence-corrected chi connectivity index (χ0v) is 19.5. The molecule has 1 aromatic carbocycles. The number of carbonyl (C=O) groups is 4. The van der Waals surface area contributed by atoms with Crippen LogP contribution in [0.15, 0.2) is 36.4 Å². The number of allylic oxidation sites excluding steroid dienone is 2. The third kappa shape index (κ3) is 6.40. The lowest BCUT2D eigenvalue weighted by Crippen LogP contribution is -2.48. The summed E-state index contributed by atoms with van der Waals surface area (Å²) in [5, 5.41) is 2.44. The lowest BCUT2D eigenvalue weighted by atomic mass is 9.85. The first-order chi connectivity index (χ1) is 16.4. The molecule has 8 nitrogen and oxygen atoms in total. The smallest absolute Gasteiger partial charge is 0.451 e. The summed E-state index contributed by atoms with van der Waals surface area (Å²) in [7, 11) is 0. The summed E-state index contributed by atoms with van der Waals surface area (Å²) >= 11 is 0. The molecule has 0 aromatic heterocycles. The topological polar surface area (TPSA) is 102 Å². The number of hydrogen-bond donors (Lipinski definition) is 1. The monoisotopic (exact) mass is 496 g/mol. The van der Waals surface area contributed by atoms with Crippen LogP contribution in [0, 0.1) is 17.8 Å². The highest BCUT2D eigenvalue weighted by molar-refractivity contribution is 6.08. The maximum atomic E-state index is 13.0. The van der Waals surface area contributed by atoms with Crippen molar-refractivity contribution in [3.05, 3.63) is 36.4 Å². The molecule has 0 radical (unpaired) electrons. The van der Waals surface area contributed by atoms with Gasteiger partial charge >= 0.3 is 12.3 Å². The number of hydrogen-bond acceptors (Lipinski definition) is 6. The van der Waals surface area contributed by atoms with Crippen molar-refractivity contribution in [2.24, 2.45) is 17.8 Å². The number of nitrogens with zero attached hydrogens (tertiary/aromatic N) is 1. The Kier molecular flexibility index (Phi) is 7.86. The molecule has 1 N–H and O–H groups in total. The summed E-state index contributed by atoms with van der Waals surface area (Å²) in [6, 6.07) is 3.29. The maximum Gasteiger partial charge on any atom is 0.573 e. The van der Waals surface area contributed by atoms with Gasteiger partial charge in [-0.1, -0.05) is 26.0 Å². The van der Waals surface area contributed by atoms with Gasteiger partial charge in [0.05, 0.1) is 11.8 Å². The Bertz CT molecular complexity index is 980. The molecule has 0 bridgehead atoms. The minimum Gasteiger partial charge on any atom is -0.451 e. The van der Waals surface area contributed by atoms with Crippen molar-refractivity contribution in [1.82, 2.24) is 4.90 Å². The zero-order valence-electron chi connectivity index (χ0n) is 19.5. The summed E-state index contributed by atoms with van der Waals surface area (Å²) in [5.41, 5.74) is 0.160. The predicted molar refractivity (Wildman–Crippen MR) is 118 cm³/mol. The molecule has 35 heavy (non-hydrogen) atoms. The van der Waals surface area contributed by atoms with Gasteiger partial charge in [0.15, 0.2) is 6.10 Å². The van der Waals surface area contributed by atoms with E-state index in [4.69, 9.17) is 4.74 Å². The van der Waals surface area contributed by atoms with Gasteiger partial charge in [-0.25, -0.2) is 4.79 Å². The Morgan fingerprint density at radius 2 is 1.57 bits per heavy atom. The summed E-state index contributed by atoms with van der Waals surface area (Å²) in [6.07, 6.45) is -1.40. The van der Waals surface area contributed by atoms with Gasteiger partial charge < -0.3 is 14.8 Å². The van der Waals surface area contributed by atoms with E-state index in [0.717, 1.165) is 17.0 Å². The number of imide groups is 1. The maximum absolute atomic E-state index is 13.0. The number of ether oxygens (including phenoxy) is 2. The molecule has 1 aliphatic heterocycles. The van der Waals surface area contributed by atoms with Crippen molar-refractivity contribution in [1.29, 1.82) is 0 Å². The van der Waals surface area contributed by atoms with Gasteiger partial charge in [-0.05, 0) is 56.4 Å². The number of fused-ring (bicyclic) bond motifs is 1. The molecule has 4 atom stereocenters. The molecule has 3 amide bonds. The molecule has 0 saturated carbocycles. The van der Waals surface area contributed by atoms with E-state index in [1.54, 1.807) is 0 Å². The average molecular weight is 496 g/mol. The molecule has 190 valence electrons. The molecular formula is C24H27F3N2O6. The van der Waals surface area contributed by atoms with Gasteiger partial charge in [-0.3, -0.25) is 19.3 Å². The van der Waals surface area contributed by atoms with Crippen LogP contribution in [0.2, 0.25) is 0 Å². The highest BCUT2D eigenvalue weighted by Crippen LogP contribution is 2.37. The van der Waals surface area contributed by atoms with E-state index in [2.05, 4.69) is 10.1 Å². The second kappa shape index (κ2) is 10.5. The number of alkyl halides is 3. The highest BCUT2D eigenvalue weighted by Gasteiger charge is 2.51. The molecule has 1 heterocycles. The third-order valence-corrected chi connectivity index (χ3v) is 5.84. The van der Waals surface area contributed by atoms with Gasteiger partial charge in [0.1, 0.15) is 11.8 Å². The number of esters is 1. The molecule has 1 aromatic rings. The molecule has 1 saturated heterocycles. The zero-order chi connectivity index (χ0) is 25.9. The number of halogens is 3. The molecule has 0 spiro atoms. The summed E-state index contributed by atoms with van der Waals surface area (Å²) in [4.78, 5) is 52.4. The molecule has 4 unspecified atom stereocenters. The number of carbonyl (C=O) groups excluding carboxylic acids is 4. The summed E-state index contributed by atoms with van der Waals surface area (Å²) in [6.45, 7) is 4.99. The van der Waals surface area contributed by atoms with Crippen LogP contribution in [-0.4, -0.2) is 47.1 Å². The first kappa shape index (κ1) is 26.2. The van der Waals surface area contributed by atoms with E-state index in [0.29, 0.717) is 12.8 Å². The fraction of sp³-hybridized carbons (Fsp3) is 0.500. The van der Waals surface area contributed by atoms with Crippen LogP contribution < -0.4 is 10.1 Å². The van der Waals surface area contributed by atoms with E-state index in [9.17, 15) is 32.3 Å². The van der Waals surface area contributed by atoms with Crippen LogP contribution in [0.25, 0.3) is 0 Å². The van der Waals surface area contributed by atoms with E-state index < -0.39 is 59.8 Å². The largest absolute Gasteiger partial charge is 0.573 e. The standard InChI is InChI=1S/C24H27F3N2O6/c1-13(2)12-19(29-21(31)17-6-4-5-7-18(17)22(29)32)23(33)34-14(3)20(30)28-15-8-10-16(11-9-15)35-24(25,26)27/h4-5,8-11,13-14,17-19H,6-7,12H2,1-3H3,(H,28,30). The number of amides is 3. The van der Waals surface area contributed by atoms with E-state index in [-0.39, 0.29) is 18.0 Å². The second-order valence-corrected chi connectivity index (χ2v) is 8.99. The number of nitrogens with one attached hydrogen (secondary N) is 1. The van der Waals surface area contributed by atoms with Gasteiger partial charge in [-0.15, -0.1) is 13.2 Å². The lowest BCUT2D eigenvalue weighted by molar-refractivity contribution is -0.274. The second-order valence-electron chi connectivity index (χ2n) is 8.99. The molecule has 2 aliphatic rings. The van der Waals surface area contributed by atoms with Crippen LogP contribution in [0.3, 0.4) is 0 Å². The van der Waals surface area contributed by atoms with E-state index in [1.165, 1.54) is 19.1 Å². The van der Waals surface area contributed by atoms with Gasteiger partial charge in [0.2, 0.25) is 11.8 Å². The minimum absolute atomic E-state index is 0.0459. The van der Waals surface area contributed by atoms with Crippen molar-refractivity contribution < 1.29 is 41.8 Å². The molecule has 11 heteroatoms. The fourth-order valence-electron chi connectivity index (χ4n) is 4.18. The van der Waals surface area contributed by atoms with Crippen molar-refractivity contribution in [2.75, 3.05) is 5.32 Å². The van der Waals surface area contributed by atoms with Crippen LogP contribution >= 0.6 is 0 Å². The van der Waals surface area contributed by atoms with Crippen LogP contribution in [-0.2, 0) is 23.9 Å². The number of rotatable bonds is 8. The van der Waals surface area contributed by atoms with Crippen molar-refractivity contribution >= 4 is 29.4 Å². The number of anilines is 1. The summed E-state index contributed by atoms with van der Waals surface area (Å²) < 4.78 is 45.9. The summed E-state index contributed by atoms with van der Waals surface area (Å²) in [5.74, 6) is -3.93. The first-order valence-electron chi connectivity index (χ1n) is 11.3. The number of benzene rings is 1. The Labute approximate surface area is 200 Å². The molecular weight excluding hydrogens is 469 g/mol. The fourth-order valence-corrected chi connectivity index (χ4v) is 4.18. The van der Waals surface area contributed by atoms with Crippen LogP contribution in [0.5, 0.6) is 5.75 Å². The number of likely N-dealkylation sites (tertiary alicyclic amines) is 1. The first-order valence-corrected chi connectivity index (χ1v) is 11.3. The average Bonchev–Trinajstić information content (AvgIpc) is 3.02. The minimum atomic E-state index is -4.84. The van der Waals surface area contributed by atoms with Gasteiger partial charge in [0, 0.05) is 5.69 Å². The van der Waals surface area contributed by atoms with Crippen molar-refractivity contribution in [2.45, 2.75) is 58.5 Å². The predicted octanol–water partition coefficient (Wildman–Crippen LogP) is 3.82. The lowest BCUT2D eigenvalue weighted by Gasteiger charge is -2.27. The highest BCUT2D eigenvalue weighted by atomic mass is 19.4. The van der Waals surface area contributed by atoms with Crippen LogP contribution in [0.4, 0.5) is 18.9 Å².